The second-order valence-corrected chi connectivity index (χ2v) is 7.02. The molecule has 0 bridgehead atoms. The van der Waals surface area contributed by atoms with E-state index in [2.05, 4.69) is 22.2 Å². The molecule has 1 aromatic rings. The van der Waals surface area contributed by atoms with Crippen LogP contribution in [-0.2, 0) is 4.74 Å². The number of guanidine groups is 1. The van der Waals surface area contributed by atoms with Crippen LogP contribution in [0.3, 0.4) is 0 Å². The van der Waals surface area contributed by atoms with Gasteiger partial charge in [-0.1, -0.05) is 0 Å². The summed E-state index contributed by atoms with van der Waals surface area (Å²) in [6, 6.07) is 3.60. The molecular formula is C19H29F2N5O. The summed E-state index contributed by atoms with van der Waals surface area (Å²) in [7, 11) is 2.09. The van der Waals surface area contributed by atoms with Gasteiger partial charge >= 0.3 is 0 Å². The van der Waals surface area contributed by atoms with E-state index in [9.17, 15) is 8.78 Å². The van der Waals surface area contributed by atoms with E-state index >= 15 is 0 Å². The van der Waals surface area contributed by atoms with Crippen LogP contribution in [-0.4, -0.2) is 87.9 Å². The molecule has 0 saturated carbocycles. The summed E-state index contributed by atoms with van der Waals surface area (Å²) < 4.78 is 33.3. The van der Waals surface area contributed by atoms with Gasteiger partial charge in [0.15, 0.2) is 5.96 Å². The predicted molar refractivity (Wildman–Crippen MR) is 103 cm³/mol. The van der Waals surface area contributed by atoms with Crippen LogP contribution in [0.25, 0.3) is 0 Å². The van der Waals surface area contributed by atoms with Gasteiger partial charge in [0, 0.05) is 51.9 Å². The zero-order chi connectivity index (χ0) is 19.2. The minimum Gasteiger partial charge on any atom is -0.374 e. The van der Waals surface area contributed by atoms with Gasteiger partial charge in [0.2, 0.25) is 0 Å². The van der Waals surface area contributed by atoms with Crippen LogP contribution in [0.4, 0.5) is 14.5 Å². The summed E-state index contributed by atoms with van der Waals surface area (Å²) in [6.45, 7) is 8.66. The number of nitrogens with one attached hydrogen (secondary N) is 1. The third kappa shape index (κ3) is 5.29. The quantitative estimate of drug-likeness (QED) is 0.631. The van der Waals surface area contributed by atoms with Gasteiger partial charge in [-0.25, -0.2) is 8.78 Å². The third-order valence-electron chi connectivity index (χ3n) is 4.95. The Morgan fingerprint density at radius 3 is 2.70 bits per heavy atom. The van der Waals surface area contributed by atoms with Crippen LogP contribution in [0, 0.1) is 11.6 Å². The maximum Gasteiger partial charge on any atom is 0.194 e. The van der Waals surface area contributed by atoms with Gasteiger partial charge in [0.25, 0.3) is 0 Å². The summed E-state index contributed by atoms with van der Waals surface area (Å²) in [5, 5.41) is 3.33. The zero-order valence-electron chi connectivity index (χ0n) is 16.1. The average Bonchev–Trinajstić information content (AvgIpc) is 2.67. The molecule has 1 atom stereocenters. The van der Waals surface area contributed by atoms with Crippen LogP contribution in [0.5, 0.6) is 0 Å². The van der Waals surface area contributed by atoms with Gasteiger partial charge in [-0.3, -0.25) is 4.99 Å². The Bertz CT molecular complexity index is 649. The lowest BCUT2D eigenvalue weighted by Crippen LogP contribution is -2.53. The molecule has 2 aliphatic heterocycles. The summed E-state index contributed by atoms with van der Waals surface area (Å²) >= 11 is 0. The minimum atomic E-state index is -0.416. The lowest BCUT2D eigenvalue weighted by Gasteiger charge is -2.38. The number of nitrogens with zero attached hydrogens (tertiary/aromatic N) is 4. The number of halogens is 2. The number of anilines is 1. The van der Waals surface area contributed by atoms with E-state index in [4.69, 9.17) is 9.73 Å². The lowest BCUT2D eigenvalue weighted by molar-refractivity contribution is -0.0137. The van der Waals surface area contributed by atoms with E-state index in [1.165, 1.54) is 12.1 Å². The Hall–Kier alpha value is -1.93. The Morgan fingerprint density at radius 2 is 2.00 bits per heavy atom. The van der Waals surface area contributed by atoms with Crippen LogP contribution in [0.15, 0.2) is 23.2 Å². The van der Waals surface area contributed by atoms with Crippen molar-refractivity contribution in [2.45, 2.75) is 13.0 Å². The predicted octanol–water partition coefficient (Wildman–Crippen LogP) is 1.38. The van der Waals surface area contributed by atoms with Crippen molar-refractivity contribution in [2.24, 2.45) is 4.99 Å². The maximum absolute atomic E-state index is 14.0. The van der Waals surface area contributed by atoms with Gasteiger partial charge in [0.1, 0.15) is 11.6 Å². The molecule has 1 aromatic carbocycles. The number of aliphatic imine (C=N–C) groups is 1. The minimum absolute atomic E-state index is 0.111. The number of morpholine rings is 1. The molecule has 2 aliphatic rings. The van der Waals surface area contributed by atoms with E-state index in [1.54, 1.807) is 0 Å². The molecule has 6 nitrogen and oxygen atoms in total. The molecule has 150 valence electrons. The maximum atomic E-state index is 14.0. The van der Waals surface area contributed by atoms with Crippen LogP contribution >= 0.6 is 0 Å². The van der Waals surface area contributed by atoms with E-state index in [-0.39, 0.29) is 11.9 Å². The zero-order valence-corrected chi connectivity index (χ0v) is 16.1. The second kappa shape index (κ2) is 9.32. The smallest absolute Gasteiger partial charge is 0.194 e. The Kier molecular flexibility index (Phi) is 6.84. The summed E-state index contributed by atoms with van der Waals surface area (Å²) in [5.74, 6) is 0.0545. The molecule has 1 N–H and O–H groups in total. The summed E-state index contributed by atoms with van der Waals surface area (Å²) in [4.78, 5) is 11.1. The van der Waals surface area contributed by atoms with Crippen LogP contribution in [0.1, 0.15) is 6.92 Å². The number of ether oxygens (including phenoxy) is 1. The molecule has 0 radical (unpaired) electrons. The molecular weight excluding hydrogens is 352 g/mol. The first-order valence-corrected chi connectivity index (χ1v) is 9.60. The molecule has 8 heteroatoms. The molecule has 0 amide bonds. The van der Waals surface area contributed by atoms with Crippen LogP contribution in [0.2, 0.25) is 0 Å². The highest BCUT2D eigenvalue weighted by atomic mass is 19.1. The molecule has 2 saturated heterocycles. The van der Waals surface area contributed by atoms with Crippen molar-refractivity contribution in [1.29, 1.82) is 0 Å². The van der Waals surface area contributed by atoms with Gasteiger partial charge in [-0.2, -0.15) is 0 Å². The van der Waals surface area contributed by atoms with E-state index in [1.807, 2.05) is 11.8 Å². The van der Waals surface area contributed by atoms with E-state index in [0.717, 1.165) is 38.3 Å². The summed E-state index contributed by atoms with van der Waals surface area (Å²) in [6.07, 6.45) is 0.111. The molecule has 27 heavy (non-hydrogen) atoms. The number of hydrogen-bond donors (Lipinski definition) is 1. The fourth-order valence-electron chi connectivity index (χ4n) is 3.48. The molecule has 0 aromatic heterocycles. The summed E-state index contributed by atoms with van der Waals surface area (Å²) in [5.41, 5.74) is 0.329. The van der Waals surface area contributed by atoms with Gasteiger partial charge in [0.05, 0.1) is 24.9 Å². The van der Waals surface area contributed by atoms with Crippen molar-refractivity contribution in [2.75, 3.05) is 70.9 Å². The normalized spacial score (nSPS) is 22.2. The Balaban J connectivity index is 1.59. The molecule has 2 heterocycles. The number of rotatable bonds is 4. The number of piperazine rings is 1. The Morgan fingerprint density at radius 1 is 1.22 bits per heavy atom. The lowest BCUT2D eigenvalue weighted by atomic mass is 10.2. The van der Waals surface area contributed by atoms with Crippen molar-refractivity contribution in [3.8, 4) is 0 Å². The molecule has 3 rings (SSSR count). The molecule has 1 unspecified atom stereocenters. The first-order chi connectivity index (χ1) is 13.1. The molecule has 0 spiro atoms. The fraction of sp³-hybridized carbons (Fsp3) is 0.632. The fourth-order valence-corrected chi connectivity index (χ4v) is 3.48. The third-order valence-corrected chi connectivity index (χ3v) is 4.95. The van der Waals surface area contributed by atoms with Crippen molar-refractivity contribution >= 4 is 11.6 Å². The first kappa shape index (κ1) is 19.8. The second-order valence-electron chi connectivity index (χ2n) is 7.02. The van der Waals surface area contributed by atoms with Gasteiger partial charge in [-0.05, 0) is 26.1 Å². The van der Waals surface area contributed by atoms with Gasteiger partial charge < -0.3 is 24.8 Å². The van der Waals surface area contributed by atoms with Crippen LogP contribution < -0.4 is 10.2 Å². The van der Waals surface area contributed by atoms with Crippen molar-refractivity contribution < 1.29 is 13.5 Å². The molecule has 2 fully saturated rings. The SMILES string of the molecule is CCNC(=NCC1CN(C)CCO1)N1CCN(c2cc(F)ccc2F)CC1. The van der Waals surface area contributed by atoms with E-state index < -0.39 is 5.82 Å². The number of hydrogen-bond acceptors (Lipinski definition) is 4. The molecule has 0 aliphatic carbocycles. The van der Waals surface area contributed by atoms with E-state index in [0.29, 0.717) is 38.4 Å². The average molecular weight is 381 g/mol. The highest BCUT2D eigenvalue weighted by molar-refractivity contribution is 5.80. The number of benzene rings is 1. The highest BCUT2D eigenvalue weighted by Gasteiger charge is 2.23. The largest absolute Gasteiger partial charge is 0.374 e. The number of likely N-dealkylation sites (N-methyl/N-ethyl adjacent to an activating group) is 1. The van der Waals surface area contributed by atoms with Crippen molar-refractivity contribution in [3.63, 3.8) is 0 Å². The topological polar surface area (TPSA) is 43.3 Å². The van der Waals surface area contributed by atoms with Gasteiger partial charge in [-0.15, -0.1) is 0 Å². The van der Waals surface area contributed by atoms with Crippen molar-refractivity contribution in [1.82, 2.24) is 15.1 Å². The standard InChI is InChI=1S/C19H29F2N5O/c1-3-22-19(23-13-16-14-24(2)10-11-27-16)26-8-6-25(7-9-26)18-12-15(20)4-5-17(18)21/h4-5,12,16H,3,6-11,13-14H2,1-2H3,(H,22,23). The monoisotopic (exact) mass is 381 g/mol. The Labute approximate surface area is 159 Å². The first-order valence-electron chi connectivity index (χ1n) is 9.60. The highest BCUT2D eigenvalue weighted by Crippen LogP contribution is 2.22. The van der Waals surface area contributed by atoms with Crippen molar-refractivity contribution in [3.05, 3.63) is 29.8 Å².